The molecule has 0 aromatic carbocycles. The van der Waals surface area contributed by atoms with Crippen molar-refractivity contribution in [2.24, 2.45) is 0 Å². The van der Waals surface area contributed by atoms with Crippen LogP contribution in [0.4, 0.5) is 0 Å². The molecule has 17 heavy (non-hydrogen) atoms. The van der Waals surface area contributed by atoms with E-state index < -0.39 is 0 Å². The lowest BCUT2D eigenvalue weighted by Gasteiger charge is -2.10. The second-order valence-corrected chi connectivity index (χ2v) is 4.43. The molecule has 0 aliphatic carbocycles. The minimum absolute atomic E-state index is 0.118. The molecule has 1 N–H and O–H groups in total. The van der Waals surface area contributed by atoms with E-state index in [9.17, 15) is 4.79 Å². The molecule has 2 rings (SSSR count). The highest BCUT2D eigenvalue weighted by Crippen LogP contribution is 2.14. The lowest BCUT2D eigenvalue weighted by atomic mass is 10.2. The molecular formula is C12H15ClN2O2. The second kappa shape index (κ2) is 5.98. The summed E-state index contributed by atoms with van der Waals surface area (Å²) in [7, 11) is 0. The normalized spacial score (nSPS) is 19.2. The van der Waals surface area contributed by atoms with Gasteiger partial charge >= 0.3 is 0 Å². The third-order valence-corrected chi connectivity index (χ3v) is 2.97. The van der Waals surface area contributed by atoms with E-state index in [4.69, 9.17) is 16.3 Å². The number of hydrogen-bond donors (Lipinski definition) is 1. The zero-order valence-corrected chi connectivity index (χ0v) is 10.2. The molecule has 1 aliphatic rings. The topological polar surface area (TPSA) is 51.2 Å². The Kier molecular flexibility index (Phi) is 4.34. The first-order valence-electron chi connectivity index (χ1n) is 5.77. The largest absolute Gasteiger partial charge is 0.378 e. The fourth-order valence-corrected chi connectivity index (χ4v) is 2.04. The summed E-state index contributed by atoms with van der Waals surface area (Å²) >= 11 is 5.72. The van der Waals surface area contributed by atoms with Crippen molar-refractivity contribution in [2.75, 3.05) is 13.2 Å². The van der Waals surface area contributed by atoms with Gasteiger partial charge in [-0.25, -0.2) is 4.98 Å². The predicted octanol–water partition coefficient (Wildman–Crippen LogP) is 2.03. The summed E-state index contributed by atoms with van der Waals surface area (Å²) in [6.45, 7) is 1.47. The lowest BCUT2D eigenvalue weighted by Crippen LogP contribution is -2.27. The summed E-state index contributed by atoms with van der Waals surface area (Å²) in [6.07, 6.45) is 4.91. The minimum atomic E-state index is -0.118. The van der Waals surface area contributed by atoms with Gasteiger partial charge in [-0.3, -0.25) is 4.79 Å². The fourth-order valence-electron chi connectivity index (χ4n) is 1.86. The van der Waals surface area contributed by atoms with E-state index in [0.29, 0.717) is 23.4 Å². The Hall–Kier alpha value is -1.13. The van der Waals surface area contributed by atoms with Gasteiger partial charge in [0.25, 0.3) is 5.91 Å². The van der Waals surface area contributed by atoms with Crippen molar-refractivity contribution >= 4 is 17.5 Å². The van der Waals surface area contributed by atoms with Crippen LogP contribution in [0.25, 0.3) is 0 Å². The van der Waals surface area contributed by atoms with E-state index in [-0.39, 0.29) is 5.91 Å². The number of halogens is 1. The third-order valence-electron chi connectivity index (χ3n) is 2.76. The summed E-state index contributed by atoms with van der Waals surface area (Å²) in [6, 6.07) is 3.20. The number of pyridine rings is 1. The van der Waals surface area contributed by atoms with Crippen molar-refractivity contribution in [2.45, 2.75) is 25.4 Å². The molecule has 0 unspecified atom stereocenters. The van der Waals surface area contributed by atoms with Crippen LogP contribution in [0.2, 0.25) is 5.15 Å². The third kappa shape index (κ3) is 3.68. The van der Waals surface area contributed by atoms with Crippen molar-refractivity contribution in [1.82, 2.24) is 10.3 Å². The number of carbonyl (C=O) groups excluding carboxylic acids is 1. The molecule has 1 aliphatic heterocycles. The molecule has 5 heteroatoms. The van der Waals surface area contributed by atoms with E-state index in [1.165, 1.54) is 6.20 Å². The zero-order valence-electron chi connectivity index (χ0n) is 9.49. The number of carbonyl (C=O) groups is 1. The highest BCUT2D eigenvalue weighted by atomic mass is 35.5. The zero-order chi connectivity index (χ0) is 12.1. The Morgan fingerprint density at radius 1 is 1.65 bits per heavy atom. The average Bonchev–Trinajstić information content (AvgIpc) is 2.82. The van der Waals surface area contributed by atoms with E-state index in [1.54, 1.807) is 12.1 Å². The average molecular weight is 255 g/mol. The first-order chi connectivity index (χ1) is 8.25. The van der Waals surface area contributed by atoms with E-state index in [2.05, 4.69) is 10.3 Å². The smallest absolute Gasteiger partial charge is 0.251 e. The van der Waals surface area contributed by atoms with Crippen molar-refractivity contribution in [3.05, 3.63) is 29.0 Å². The Bertz CT molecular complexity index is 392. The molecule has 0 spiro atoms. The van der Waals surface area contributed by atoms with Gasteiger partial charge in [-0.05, 0) is 31.4 Å². The van der Waals surface area contributed by atoms with Crippen molar-refractivity contribution in [1.29, 1.82) is 0 Å². The van der Waals surface area contributed by atoms with Crippen molar-refractivity contribution < 1.29 is 9.53 Å². The van der Waals surface area contributed by atoms with E-state index in [1.807, 2.05) is 0 Å². The van der Waals surface area contributed by atoms with Gasteiger partial charge in [0.2, 0.25) is 0 Å². The van der Waals surface area contributed by atoms with Crippen LogP contribution in [0.15, 0.2) is 18.3 Å². The van der Waals surface area contributed by atoms with Gasteiger partial charge in [-0.1, -0.05) is 11.6 Å². The molecule has 1 amide bonds. The van der Waals surface area contributed by atoms with E-state index in [0.717, 1.165) is 25.9 Å². The molecule has 0 radical (unpaired) electrons. The van der Waals surface area contributed by atoms with Crippen LogP contribution in [0.5, 0.6) is 0 Å². The van der Waals surface area contributed by atoms with Crippen molar-refractivity contribution in [3.8, 4) is 0 Å². The molecule has 1 saturated heterocycles. The molecule has 2 heterocycles. The Morgan fingerprint density at radius 2 is 2.53 bits per heavy atom. The van der Waals surface area contributed by atoms with E-state index >= 15 is 0 Å². The number of nitrogens with zero attached hydrogens (tertiary/aromatic N) is 1. The molecule has 0 saturated carbocycles. The monoisotopic (exact) mass is 254 g/mol. The summed E-state index contributed by atoms with van der Waals surface area (Å²) in [5, 5.41) is 3.18. The Morgan fingerprint density at radius 3 is 3.24 bits per heavy atom. The standard InChI is InChI=1S/C12H15ClN2O2/c13-11-8-9(3-5-14-11)12(16)15-6-4-10-2-1-7-17-10/h3,5,8,10H,1-2,4,6-7H2,(H,15,16)/t10-/m0/s1. The predicted molar refractivity (Wildman–Crippen MR) is 65.2 cm³/mol. The van der Waals surface area contributed by atoms with Gasteiger partial charge < -0.3 is 10.1 Å². The first-order valence-corrected chi connectivity index (χ1v) is 6.15. The van der Waals surface area contributed by atoms with Crippen LogP contribution < -0.4 is 5.32 Å². The summed E-state index contributed by atoms with van der Waals surface area (Å²) < 4.78 is 5.48. The maximum absolute atomic E-state index is 11.7. The number of amides is 1. The maximum atomic E-state index is 11.7. The number of hydrogen-bond acceptors (Lipinski definition) is 3. The second-order valence-electron chi connectivity index (χ2n) is 4.05. The minimum Gasteiger partial charge on any atom is -0.378 e. The Balaban J connectivity index is 1.77. The highest BCUT2D eigenvalue weighted by molar-refractivity contribution is 6.29. The van der Waals surface area contributed by atoms with Crippen LogP contribution >= 0.6 is 11.6 Å². The number of nitrogens with one attached hydrogen (secondary N) is 1. The van der Waals surface area contributed by atoms with Crippen LogP contribution in [0, 0.1) is 0 Å². The lowest BCUT2D eigenvalue weighted by molar-refractivity contribution is 0.0907. The van der Waals surface area contributed by atoms with Crippen LogP contribution in [-0.4, -0.2) is 30.1 Å². The highest BCUT2D eigenvalue weighted by Gasteiger charge is 2.15. The molecule has 4 nitrogen and oxygen atoms in total. The van der Waals surface area contributed by atoms with Gasteiger partial charge in [0.1, 0.15) is 5.15 Å². The molecule has 0 bridgehead atoms. The van der Waals surface area contributed by atoms with Crippen LogP contribution in [0.1, 0.15) is 29.6 Å². The molecule has 92 valence electrons. The SMILES string of the molecule is O=C(NCC[C@@H]1CCCO1)c1ccnc(Cl)c1. The van der Waals surface area contributed by atoms with Gasteiger partial charge in [0.05, 0.1) is 6.10 Å². The molecule has 1 aromatic heterocycles. The number of rotatable bonds is 4. The van der Waals surface area contributed by atoms with Crippen molar-refractivity contribution in [3.63, 3.8) is 0 Å². The van der Waals surface area contributed by atoms with Gasteiger partial charge in [-0.15, -0.1) is 0 Å². The number of aromatic nitrogens is 1. The van der Waals surface area contributed by atoms with Gasteiger partial charge in [0, 0.05) is 24.9 Å². The molecule has 1 atom stereocenters. The first kappa shape index (κ1) is 12.3. The van der Waals surface area contributed by atoms with Gasteiger partial charge in [-0.2, -0.15) is 0 Å². The number of ether oxygens (including phenoxy) is 1. The van der Waals surface area contributed by atoms with Gasteiger partial charge in [0.15, 0.2) is 0 Å². The quantitative estimate of drug-likeness (QED) is 0.837. The molecule has 1 fully saturated rings. The van der Waals surface area contributed by atoms with Crippen LogP contribution in [-0.2, 0) is 4.74 Å². The molecule has 1 aromatic rings. The fraction of sp³-hybridized carbons (Fsp3) is 0.500. The van der Waals surface area contributed by atoms with Crippen LogP contribution in [0.3, 0.4) is 0 Å². The molecular weight excluding hydrogens is 240 g/mol. The maximum Gasteiger partial charge on any atom is 0.251 e. The summed E-state index contributed by atoms with van der Waals surface area (Å²) in [5.74, 6) is -0.118. The summed E-state index contributed by atoms with van der Waals surface area (Å²) in [4.78, 5) is 15.6. The Labute approximate surface area is 105 Å². The summed E-state index contributed by atoms with van der Waals surface area (Å²) in [5.41, 5.74) is 0.539.